The lowest BCUT2D eigenvalue weighted by Gasteiger charge is -2.34. The van der Waals surface area contributed by atoms with Crippen LogP contribution in [0.2, 0.25) is 0 Å². The average molecular weight is 345 g/mol. The van der Waals surface area contributed by atoms with Gasteiger partial charge in [-0.15, -0.1) is 0 Å². The number of benzene rings is 1. The Labute approximate surface area is 151 Å². The van der Waals surface area contributed by atoms with E-state index in [9.17, 15) is 9.90 Å². The number of rotatable bonds is 5. The van der Waals surface area contributed by atoms with Crippen molar-refractivity contribution in [3.05, 3.63) is 35.4 Å². The highest BCUT2D eigenvalue weighted by atomic mass is 16.3. The van der Waals surface area contributed by atoms with Crippen LogP contribution in [0.4, 0.5) is 4.79 Å². The van der Waals surface area contributed by atoms with Crippen molar-refractivity contribution >= 4 is 6.03 Å². The van der Waals surface area contributed by atoms with Gasteiger partial charge in [-0.2, -0.15) is 0 Å². The summed E-state index contributed by atoms with van der Waals surface area (Å²) in [6, 6.07) is 8.98. The summed E-state index contributed by atoms with van der Waals surface area (Å²) in [4.78, 5) is 16.7. The molecule has 25 heavy (non-hydrogen) atoms. The van der Waals surface area contributed by atoms with Crippen molar-refractivity contribution in [1.29, 1.82) is 0 Å². The molecule has 1 aliphatic carbocycles. The molecule has 0 saturated heterocycles. The van der Waals surface area contributed by atoms with E-state index in [4.69, 9.17) is 0 Å². The van der Waals surface area contributed by atoms with Crippen LogP contribution in [0.5, 0.6) is 0 Å². The van der Waals surface area contributed by atoms with Gasteiger partial charge in [0.05, 0.1) is 0 Å². The molecule has 1 heterocycles. The van der Waals surface area contributed by atoms with Crippen molar-refractivity contribution in [3.63, 3.8) is 0 Å². The number of urea groups is 1. The van der Waals surface area contributed by atoms with Gasteiger partial charge in [-0.25, -0.2) is 4.79 Å². The van der Waals surface area contributed by atoms with Gasteiger partial charge < -0.3 is 15.3 Å². The van der Waals surface area contributed by atoms with Gasteiger partial charge in [0.25, 0.3) is 0 Å². The van der Waals surface area contributed by atoms with Crippen LogP contribution in [0.25, 0.3) is 0 Å². The zero-order valence-corrected chi connectivity index (χ0v) is 15.3. The van der Waals surface area contributed by atoms with Crippen LogP contribution in [0.1, 0.15) is 36.8 Å². The van der Waals surface area contributed by atoms with Crippen LogP contribution in [-0.2, 0) is 13.0 Å². The van der Waals surface area contributed by atoms with Crippen LogP contribution in [0.3, 0.4) is 0 Å². The van der Waals surface area contributed by atoms with Crippen LogP contribution in [-0.4, -0.2) is 60.3 Å². The highest BCUT2D eigenvalue weighted by Crippen LogP contribution is 2.26. The van der Waals surface area contributed by atoms with Crippen molar-refractivity contribution < 1.29 is 9.90 Å². The van der Waals surface area contributed by atoms with E-state index >= 15 is 0 Å². The molecule has 0 radical (unpaired) electrons. The minimum Gasteiger partial charge on any atom is -0.396 e. The van der Waals surface area contributed by atoms with Crippen LogP contribution < -0.4 is 5.32 Å². The summed E-state index contributed by atoms with van der Waals surface area (Å²) in [6.07, 6.45) is 5.13. The van der Waals surface area contributed by atoms with Gasteiger partial charge >= 0.3 is 6.03 Å². The summed E-state index contributed by atoms with van der Waals surface area (Å²) < 4.78 is 0. The van der Waals surface area contributed by atoms with E-state index in [0.717, 1.165) is 51.7 Å². The normalized spacial score (nSPS) is 23.8. The average Bonchev–Trinajstić information content (AvgIpc) is 2.67. The highest BCUT2D eigenvalue weighted by Gasteiger charge is 2.26. The number of hydrogen-bond donors (Lipinski definition) is 2. The predicted octanol–water partition coefficient (Wildman–Crippen LogP) is 2.24. The number of carbonyl (C=O) groups excluding carboxylic acids is 1. The number of aliphatic hydroxyl groups is 1. The number of aliphatic hydroxyl groups excluding tert-OH is 1. The minimum absolute atomic E-state index is 0.0323. The van der Waals surface area contributed by atoms with Gasteiger partial charge in [-0.05, 0) is 49.1 Å². The molecule has 2 aliphatic rings. The number of nitrogens with zero attached hydrogens (tertiary/aromatic N) is 2. The lowest BCUT2D eigenvalue weighted by molar-refractivity contribution is 0.133. The van der Waals surface area contributed by atoms with E-state index in [-0.39, 0.29) is 12.6 Å². The summed E-state index contributed by atoms with van der Waals surface area (Å²) in [5.74, 6) is 0.426. The molecule has 2 amide bonds. The molecule has 3 rings (SSSR count). The first-order valence-electron chi connectivity index (χ1n) is 9.58. The van der Waals surface area contributed by atoms with Crippen LogP contribution in [0.15, 0.2) is 24.3 Å². The maximum Gasteiger partial charge on any atom is 0.317 e. The van der Waals surface area contributed by atoms with Gasteiger partial charge in [0.15, 0.2) is 0 Å². The van der Waals surface area contributed by atoms with Crippen molar-refractivity contribution in [3.8, 4) is 0 Å². The SMILES string of the molecule is CN(C(=O)NCCN1CCc2ccccc2C1)C1CCC(CO)CC1. The second kappa shape index (κ2) is 8.68. The van der Waals surface area contributed by atoms with E-state index in [1.54, 1.807) is 0 Å². The predicted molar refractivity (Wildman–Crippen MR) is 99.4 cm³/mol. The van der Waals surface area contributed by atoms with Crippen LogP contribution >= 0.6 is 0 Å². The van der Waals surface area contributed by atoms with E-state index in [1.807, 2.05) is 11.9 Å². The Balaban J connectivity index is 1.38. The molecular formula is C20H31N3O2. The Bertz CT molecular complexity index is 570. The zero-order chi connectivity index (χ0) is 17.6. The molecule has 0 aromatic heterocycles. The van der Waals surface area contributed by atoms with Crippen LogP contribution in [0, 0.1) is 5.92 Å². The first-order valence-corrected chi connectivity index (χ1v) is 9.58. The second-order valence-corrected chi connectivity index (χ2v) is 7.49. The van der Waals surface area contributed by atoms with Gasteiger partial charge in [-0.3, -0.25) is 4.90 Å². The molecule has 0 bridgehead atoms. The van der Waals surface area contributed by atoms with Crippen molar-refractivity contribution in [2.45, 2.75) is 44.7 Å². The molecular weight excluding hydrogens is 314 g/mol. The van der Waals surface area contributed by atoms with Crippen molar-refractivity contribution in [1.82, 2.24) is 15.1 Å². The smallest absolute Gasteiger partial charge is 0.317 e. The number of amides is 2. The maximum atomic E-state index is 12.4. The zero-order valence-electron chi connectivity index (χ0n) is 15.3. The third-order valence-electron chi connectivity index (χ3n) is 5.86. The molecule has 0 unspecified atom stereocenters. The van der Waals surface area contributed by atoms with E-state index in [1.165, 1.54) is 11.1 Å². The lowest BCUT2D eigenvalue weighted by atomic mass is 9.86. The molecule has 0 atom stereocenters. The molecule has 2 N–H and O–H groups in total. The van der Waals surface area contributed by atoms with Gasteiger partial charge in [0.2, 0.25) is 0 Å². The first kappa shape index (κ1) is 18.2. The van der Waals surface area contributed by atoms with E-state index in [0.29, 0.717) is 18.5 Å². The molecule has 1 aromatic carbocycles. The molecule has 0 spiro atoms. The summed E-state index contributed by atoms with van der Waals surface area (Å²) >= 11 is 0. The fraction of sp³-hybridized carbons (Fsp3) is 0.650. The Morgan fingerprint density at radius 1 is 1.24 bits per heavy atom. The highest BCUT2D eigenvalue weighted by molar-refractivity contribution is 5.74. The number of hydrogen-bond acceptors (Lipinski definition) is 3. The third kappa shape index (κ3) is 4.73. The summed E-state index contributed by atoms with van der Waals surface area (Å²) in [6.45, 7) is 3.91. The Kier molecular flexibility index (Phi) is 6.32. The fourth-order valence-electron chi connectivity index (χ4n) is 4.07. The van der Waals surface area contributed by atoms with Crippen molar-refractivity contribution in [2.75, 3.05) is 33.3 Å². The minimum atomic E-state index is 0.0323. The summed E-state index contributed by atoms with van der Waals surface area (Å²) in [5.41, 5.74) is 2.87. The maximum absolute atomic E-state index is 12.4. The number of fused-ring (bicyclic) bond motifs is 1. The monoisotopic (exact) mass is 345 g/mol. The summed E-state index contributed by atoms with van der Waals surface area (Å²) in [7, 11) is 1.90. The summed E-state index contributed by atoms with van der Waals surface area (Å²) in [5, 5.41) is 12.3. The Hall–Kier alpha value is -1.59. The quantitative estimate of drug-likeness (QED) is 0.860. The lowest BCUT2D eigenvalue weighted by Crippen LogP contribution is -2.47. The molecule has 1 saturated carbocycles. The standard InChI is InChI=1S/C20H31N3O2/c1-22(19-8-6-16(15-24)7-9-19)20(25)21-11-13-23-12-10-17-4-2-3-5-18(17)14-23/h2-5,16,19,24H,6-15H2,1H3,(H,21,25). The van der Waals surface area contributed by atoms with Gasteiger partial charge in [0.1, 0.15) is 0 Å². The molecule has 1 fully saturated rings. The molecule has 1 aromatic rings. The van der Waals surface area contributed by atoms with Gasteiger partial charge in [-0.1, -0.05) is 24.3 Å². The number of carbonyl (C=O) groups is 1. The molecule has 138 valence electrons. The second-order valence-electron chi connectivity index (χ2n) is 7.49. The van der Waals surface area contributed by atoms with E-state index in [2.05, 4.69) is 34.5 Å². The van der Waals surface area contributed by atoms with Gasteiger partial charge in [0, 0.05) is 45.9 Å². The third-order valence-corrected chi connectivity index (χ3v) is 5.86. The fourth-order valence-corrected chi connectivity index (χ4v) is 4.07. The van der Waals surface area contributed by atoms with E-state index < -0.39 is 0 Å². The molecule has 1 aliphatic heterocycles. The number of nitrogens with one attached hydrogen (secondary N) is 1. The molecule has 5 heteroatoms. The first-order chi connectivity index (χ1) is 12.2. The molecule has 5 nitrogen and oxygen atoms in total. The largest absolute Gasteiger partial charge is 0.396 e. The Morgan fingerprint density at radius 2 is 1.96 bits per heavy atom. The topological polar surface area (TPSA) is 55.8 Å². The Morgan fingerprint density at radius 3 is 2.68 bits per heavy atom. The van der Waals surface area contributed by atoms with Crippen molar-refractivity contribution in [2.24, 2.45) is 5.92 Å².